The van der Waals surface area contributed by atoms with Gasteiger partial charge in [0.2, 0.25) is 0 Å². The summed E-state index contributed by atoms with van der Waals surface area (Å²) in [7, 11) is 0. The molecule has 4 N–H and O–H groups in total. The Balaban J connectivity index is 1.03. The molecule has 5 aliphatic rings. The molecule has 11 heteroatoms. The molecule has 4 saturated carbocycles. The van der Waals surface area contributed by atoms with E-state index in [2.05, 4.69) is 16.0 Å². The van der Waals surface area contributed by atoms with Crippen LogP contribution in [0.5, 0.6) is 11.5 Å². The number of halogens is 3. The van der Waals surface area contributed by atoms with Crippen molar-refractivity contribution in [2.45, 2.75) is 74.4 Å². The van der Waals surface area contributed by atoms with Gasteiger partial charge in [-0.15, -0.1) is 0 Å². The van der Waals surface area contributed by atoms with E-state index in [1.807, 2.05) is 6.07 Å². The van der Waals surface area contributed by atoms with Gasteiger partial charge in [-0.2, -0.15) is 0 Å². The minimum Gasteiger partial charge on any atom is -0.484 e. The zero-order valence-electron chi connectivity index (χ0n) is 21.1. The van der Waals surface area contributed by atoms with Crippen molar-refractivity contribution in [3.05, 3.63) is 57.8 Å². The van der Waals surface area contributed by atoms with Crippen molar-refractivity contribution in [3.8, 4) is 11.5 Å². The van der Waals surface area contributed by atoms with Gasteiger partial charge < -0.3 is 30.5 Å². The summed E-state index contributed by atoms with van der Waals surface area (Å²) in [6.45, 7) is -0.241. The molecule has 0 spiro atoms. The fraction of sp³-hybridized carbons (Fsp3) is 0.500. The van der Waals surface area contributed by atoms with Gasteiger partial charge in [0.25, 0.3) is 11.8 Å². The van der Waals surface area contributed by atoms with Gasteiger partial charge in [0, 0.05) is 46.7 Å². The molecule has 2 aromatic carbocycles. The lowest BCUT2D eigenvalue weighted by atomic mass is 9.76. The van der Waals surface area contributed by atoms with Crippen molar-refractivity contribution in [1.29, 1.82) is 0 Å². The second-order valence-electron chi connectivity index (χ2n) is 11.2. The average Bonchev–Trinajstić information content (AvgIpc) is 3.37. The molecule has 2 bridgehead atoms. The van der Waals surface area contributed by atoms with Crippen LogP contribution in [0.3, 0.4) is 0 Å². The maximum atomic E-state index is 13.6. The molecule has 1 aliphatic heterocycles. The Morgan fingerprint density at radius 3 is 2.64 bits per heavy atom. The lowest BCUT2D eigenvalue weighted by molar-refractivity contribution is -0.132. The van der Waals surface area contributed by atoms with Crippen LogP contribution in [0.1, 0.15) is 50.1 Å². The van der Waals surface area contributed by atoms with Gasteiger partial charge >= 0.3 is 0 Å². The van der Waals surface area contributed by atoms with Gasteiger partial charge in [-0.3, -0.25) is 9.59 Å². The molecule has 2 amide bonds. The van der Waals surface area contributed by atoms with Gasteiger partial charge in [0.15, 0.2) is 12.7 Å². The molecule has 39 heavy (non-hydrogen) atoms. The van der Waals surface area contributed by atoms with E-state index in [0.29, 0.717) is 36.5 Å². The summed E-state index contributed by atoms with van der Waals surface area (Å²) in [4.78, 5) is 25.9. The SMILES string of the molecule is O=C(COc1ccc(Cl)c(F)c1)NC1CC2(NC(=O)[C@@H]3C[C@@H](N[C@H]4C[C@@H](O)C4)c4cc(Cl)ccc4O3)CC1C2. The van der Waals surface area contributed by atoms with E-state index >= 15 is 0 Å². The molecule has 0 aromatic heterocycles. The zero-order valence-corrected chi connectivity index (χ0v) is 22.6. The fourth-order valence-electron chi connectivity index (χ4n) is 6.38. The summed E-state index contributed by atoms with van der Waals surface area (Å²) in [6.07, 6.45) is 3.07. The van der Waals surface area contributed by atoms with Crippen LogP contribution in [0.2, 0.25) is 10.0 Å². The molecule has 1 heterocycles. The molecular weight excluding hydrogens is 548 g/mol. The maximum absolute atomic E-state index is 13.6. The van der Waals surface area contributed by atoms with E-state index in [1.54, 1.807) is 12.1 Å². The van der Waals surface area contributed by atoms with Crippen molar-refractivity contribution in [3.63, 3.8) is 0 Å². The van der Waals surface area contributed by atoms with Crippen molar-refractivity contribution in [2.75, 3.05) is 6.61 Å². The number of carbonyl (C=O) groups is 2. The lowest BCUT2D eigenvalue weighted by Crippen LogP contribution is -2.56. The molecule has 4 fully saturated rings. The first-order valence-electron chi connectivity index (χ1n) is 13.3. The molecular formula is C28H30Cl2FN3O5. The van der Waals surface area contributed by atoms with Crippen LogP contribution in [0.15, 0.2) is 36.4 Å². The lowest BCUT2D eigenvalue weighted by Gasteiger charge is -2.42. The first kappa shape index (κ1) is 26.6. The van der Waals surface area contributed by atoms with Gasteiger partial charge in [-0.05, 0) is 68.4 Å². The van der Waals surface area contributed by atoms with Crippen LogP contribution < -0.4 is 25.4 Å². The molecule has 0 saturated heterocycles. The van der Waals surface area contributed by atoms with E-state index in [1.165, 1.54) is 12.1 Å². The van der Waals surface area contributed by atoms with Gasteiger partial charge in [-0.1, -0.05) is 23.2 Å². The minimum absolute atomic E-state index is 0.0119. The molecule has 2 aromatic rings. The van der Waals surface area contributed by atoms with Crippen LogP contribution in [0.25, 0.3) is 0 Å². The van der Waals surface area contributed by atoms with E-state index in [-0.39, 0.29) is 64.9 Å². The zero-order chi connectivity index (χ0) is 27.3. The smallest absolute Gasteiger partial charge is 0.261 e. The van der Waals surface area contributed by atoms with Crippen LogP contribution in [0, 0.1) is 11.7 Å². The molecule has 0 radical (unpaired) electrons. The van der Waals surface area contributed by atoms with Crippen LogP contribution in [-0.4, -0.2) is 53.4 Å². The largest absolute Gasteiger partial charge is 0.484 e. The number of hydrogen-bond donors (Lipinski definition) is 4. The highest BCUT2D eigenvalue weighted by Crippen LogP contribution is 2.52. The normalized spacial score (nSPS) is 32.2. The van der Waals surface area contributed by atoms with Gasteiger partial charge in [0.05, 0.1) is 11.1 Å². The van der Waals surface area contributed by atoms with Crippen LogP contribution in [-0.2, 0) is 9.59 Å². The van der Waals surface area contributed by atoms with E-state index in [9.17, 15) is 19.1 Å². The number of carbonyl (C=O) groups excluding carboxylic acids is 2. The molecule has 208 valence electrons. The third-order valence-electron chi connectivity index (χ3n) is 8.39. The second-order valence-corrected chi connectivity index (χ2v) is 12.1. The van der Waals surface area contributed by atoms with Gasteiger partial charge in [0.1, 0.15) is 17.3 Å². The number of aliphatic hydroxyl groups is 1. The third-order valence-corrected chi connectivity index (χ3v) is 8.93. The number of rotatable bonds is 8. The monoisotopic (exact) mass is 577 g/mol. The summed E-state index contributed by atoms with van der Waals surface area (Å²) in [5.41, 5.74) is 0.548. The third kappa shape index (κ3) is 5.55. The Morgan fingerprint density at radius 1 is 1.10 bits per heavy atom. The highest BCUT2D eigenvalue weighted by Gasteiger charge is 2.57. The second kappa shape index (κ2) is 10.4. The molecule has 4 aliphatic carbocycles. The summed E-state index contributed by atoms with van der Waals surface area (Å²) in [5.74, 6) is 0.0483. The highest BCUT2D eigenvalue weighted by atomic mass is 35.5. The topological polar surface area (TPSA) is 109 Å². The molecule has 7 rings (SSSR count). The highest BCUT2D eigenvalue weighted by molar-refractivity contribution is 6.31. The van der Waals surface area contributed by atoms with Crippen LogP contribution in [0.4, 0.5) is 4.39 Å². The number of amides is 2. The van der Waals surface area contributed by atoms with Crippen molar-refractivity contribution >= 4 is 35.0 Å². The minimum atomic E-state index is -0.670. The van der Waals surface area contributed by atoms with Crippen molar-refractivity contribution < 1.29 is 28.6 Å². The van der Waals surface area contributed by atoms with Crippen LogP contribution >= 0.6 is 23.2 Å². The quantitative estimate of drug-likeness (QED) is 0.381. The van der Waals surface area contributed by atoms with Crippen molar-refractivity contribution in [1.82, 2.24) is 16.0 Å². The first-order chi connectivity index (χ1) is 18.7. The summed E-state index contributed by atoms with van der Waals surface area (Å²) in [6, 6.07) is 9.43. The number of nitrogens with one attached hydrogen (secondary N) is 3. The predicted molar refractivity (Wildman–Crippen MR) is 142 cm³/mol. The van der Waals surface area contributed by atoms with E-state index in [0.717, 1.165) is 24.5 Å². The number of hydrogen-bond acceptors (Lipinski definition) is 6. The maximum Gasteiger partial charge on any atom is 0.261 e. The average molecular weight is 578 g/mol. The Bertz CT molecular complexity index is 1280. The number of benzene rings is 2. The first-order valence-corrected chi connectivity index (χ1v) is 14.0. The number of aliphatic hydroxyl groups excluding tert-OH is 1. The Hall–Kier alpha value is -2.59. The van der Waals surface area contributed by atoms with E-state index in [4.69, 9.17) is 32.7 Å². The molecule has 1 unspecified atom stereocenters. The standard InChI is InChI=1S/C28H30Cl2FN3O5/c29-15-1-4-24-19(5-15)22(32-16-6-17(35)7-16)9-25(39-24)27(37)34-28-10-14(11-28)23(12-28)33-26(36)13-38-18-2-3-20(30)21(31)8-18/h1-5,8,14,16-17,22-23,25,32,35H,6-7,9-13H2,(H,33,36)(H,34,37)/t14?,16-,17+,22-,23?,25+,28?/m1/s1. The predicted octanol–water partition coefficient (Wildman–Crippen LogP) is 3.67. The van der Waals surface area contributed by atoms with Crippen molar-refractivity contribution in [2.24, 2.45) is 5.92 Å². The van der Waals surface area contributed by atoms with E-state index < -0.39 is 11.9 Å². The molecule has 3 atom stereocenters. The summed E-state index contributed by atoms with van der Waals surface area (Å²) < 4.78 is 25.1. The summed E-state index contributed by atoms with van der Waals surface area (Å²) >= 11 is 11.9. The summed E-state index contributed by atoms with van der Waals surface area (Å²) in [5, 5.41) is 20.1. The Kier molecular flexibility index (Phi) is 7.12. The number of fused-ring (bicyclic) bond motifs is 2. The van der Waals surface area contributed by atoms with Gasteiger partial charge in [-0.25, -0.2) is 4.39 Å². The molecule has 8 nitrogen and oxygen atoms in total. The Labute approximate surface area is 235 Å². The Morgan fingerprint density at radius 2 is 1.90 bits per heavy atom. The fourth-order valence-corrected chi connectivity index (χ4v) is 6.68. The number of ether oxygens (including phenoxy) is 2.